The predicted molar refractivity (Wildman–Crippen MR) is 89.7 cm³/mol. The first-order valence-electron chi connectivity index (χ1n) is 7.80. The Bertz CT molecular complexity index is 732. The molecule has 0 saturated heterocycles. The van der Waals surface area contributed by atoms with Gasteiger partial charge in [-0.1, -0.05) is 0 Å². The number of hydrogen-bond donors (Lipinski definition) is 1. The van der Waals surface area contributed by atoms with Crippen molar-refractivity contribution in [1.82, 2.24) is 29.9 Å². The summed E-state index contributed by atoms with van der Waals surface area (Å²) < 4.78 is 3.82. The Labute approximate surface area is 136 Å². The first-order valence-corrected chi connectivity index (χ1v) is 7.80. The lowest BCUT2D eigenvalue weighted by molar-refractivity contribution is 0.365. The van der Waals surface area contributed by atoms with Crippen molar-refractivity contribution in [3.8, 4) is 11.3 Å². The summed E-state index contributed by atoms with van der Waals surface area (Å²) in [7, 11) is 1.94. The molecule has 3 aromatic rings. The highest BCUT2D eigenvalue weighted by Gasteiger charge is 2.16. The first-order chi connectivity index (χ1) is 11.1. The van der Waals surface area contributed by atoms with Crippen LogP contribution in [0.1, 0.15) is 25.5 Å². The van der Waals surface area contributed by atoms with Gasteiger partial charge in [0.15, 0.2) is 0 Å². The van der Waals surface area contributed by atoms with E-state index in [9.17, 15) is 0 Å². The molecule has 0 aliphatic rings. The molecule has 1 N–H and O–H groups in total. The third-order valence-corrected chi connectivity index (χ3v) is 4.12. The number of rotatable bonds is 6. The zero-order chi connectivity index (χ0) is 16.2. The number of aromatic nitrogens is 5. The van der Waals surface area contributed by atoms with Crippen LogP contribution >= 0.6 is 0 Å². The Morgan fingerprint density at radius 2 is 2.09 bits per heavy atom. The van der Waals surface area contributed by atoms with Crippen LogP contribution < -0.4 is 5.32 Å². The Morgan fingerprint density at radius 3 is 2.78 bits per heavy atom. The molecule has 0 amide bonds. The summed E-state index contributed by atoms with van der Waals surface area (Å²) in [5.74, 6) is 0. The van der Waals surface area contributed by atoms with Crippen LogP contribution in [0.15, 0.2) is 49.2 Å². The van der Waals surface area contributed by atoms with Gasteiger partial charge in [-0.25, -0.2) is 0 Å². The quantitative estimate of drug-likeness (QED) is 0.759. The summed E-state index contributed by atoms with van der Waals surface area (Å²) in [6.07, 6.45) is 9.49. The molecule has 6 nitrogen and oxygen atoms in total. The van der Waals surface area contributed by atoms with Gasteiger partial charge in [0.05, 0.1) is 11.7 Å². The molecule has 0 saturated carbocycles. The van der Waals surface area contributed by atoms with Gasteiger partial charge in [0, 0.05) is 61.7 Å². The fraction of sp³-hybridized carbons (Fsp3) is 0.353. The molecule has 0 unspecified atom stereocenters. The molecule has 120 valence electrons. The molecular formula is C17H22N6. The van der Waals surface area contributed by atoms with Crippen LogP contribution in [-0.2, 0) is 13.6 Å². The average Bonchev–Trinajstić information content (AvgIpc) is 3.22. The Morgan fingerprint density at radius 1 is 1.22 bits per heavy atom. The van der Waals surface area contributed by atoms with Crippen LogP contribution in [0.3, 0.4) is 0 Å². The second-order valence-corrected chi connectivity index (χ2v) is 5.81. The van der Waals surface area contributed by atoms with E-state index in [0.29, 0.717) is 0 Å². The average molecular weight is 310 g/mol. The molecule has 0 bridgehead atoms. The van der Waals surface area contributed by atoms with Crippen molar-refractivity contribution in [2.45, 2.75) is 32.5 Å². The van der Waals surface area contributed by atoms with Crippen LogP contribution in [0, 0.1) is 0 Å². The SMILES string of the molecule is C[C@H](NCc1cn(C)nc1-c1cccnc1)[C@@H](C)n1cccn1. The van der Waals surface area contributed by atoms with Gasteiger partial charge in [0.25, 0.3) is 0 Å². The predicted octanol–water partition coefficient (Wildman–Crippen LogP) is 2.42. The molecule has 6 heteroatoms. The summed E-state index contributed by atoms with van der Waals surface area (Å²) in [5.41, 5.74) is 3.18. The van der Waals surface area contributed by atoms with Gasteiger partial charge < -0.3 is 5.32 Å². The van der Waals surface area contributed by atoms with Crippen molar-refractivity contribution in [1.29, 1.82) is 0 Å². The largest absolute Gasteiger partial charge is 0.308 e. The van der Waals surface area contributed by atoms with E-state index in [0.717, 1.165) is 17.8 Å². The number of nitrogens with zero attached hydrogens (tertiary/aromatic N) is 5. The van der Waals surface area contributed by atoms with Crippen LogP contribution in [0.25, 0.3) is 11.3 Å². The van der Waals surface area contributed by atoms with Crippen molar-refractivity contribution in [3.05, 3.63) is 54.7 Å². The Hall–Kier alpha value is -2.47. The normalized spacial score (nSPS) is 13.9. The number of pyridine rings is 1. The summed E-state index contributed by atoms with van der Waals surface area (Å²) in [5, 5.41) is 12.5. The maximum absolute atomic E-state index is 4.57. The summed E-state index contributed by atoms with van der Waals surface area (Å²) in [6, 6.07) is 6.49. The van der Waals surface area contributed by atoms with Crippen molar-refractivity contribution in [3.63, 3.8) is 0 Å². The number of aryl methyl sites for hydroxylation is 1. The second kappa shape index (κ2) is 6.75. The van der Waals surface area contributed by atoms with Crippen LogP contribution in [0.2, 0.25) is 0 Å². The van der Waals surface area contributed by atoms with Gasteiger partial charge in [0.1, 0.15) is 0 Å². The van der Waals surface area contributed by atoms with Crippen molar-refractivity contribution < 1.29 is 0 Å². The molecule has 0 fully saturated rings. The fourth-order valence-electron chi connectivity index (χ4n) is 2.60. The molecule has 0 aliphatic heterocycles. The molecule has 0 radical (unpaired) electrons. The van der Waals surface area contributed by atoms with E-state index in [1.807, 2.05) is 53.2 Å². The third kappa shape index (κ3) is 3.48. The maximum atomic E-state index is 4.57. The van der Waals surface area contributed by atoms with E-state index in [1.165, 1.54) is 5.56 Å². The Balaban J connectivity index is 1.71. The second-order valence-electron chi connectivity index (χ2n) is 5.81. The first kappa shape index (κ1) is 15.4. The number of hydrogen-bond acceptors (Lipinski definition) is 4. The monoisotopic (exact) mass is 310 g/mol. The molecule has 23 heavy (non-hydrogen) atoms. The lowest BCUT2D eigenvalue weighted by Gasteiger charge is -2.21. The minimum Gasteiger partial charge on any atom is -0.308 e. The minimum absolute atomic E-state index is 0.281. The highest BCUT2D eigenvalue weighted by Crippen LogP contribution is 2.21. The van der Waals surface area contributed by atoms with Gasteiger partial charge in [-0.05, 0) is 32.0 Å². The zero-order valence-electron chi connectivity index (χ0n) is 13.7. The minimum atomic E-state index is 0.281. The standard InChI is InChI=1S/C17H22N6/c1-13(14(2)23-9-5-8-20-23)19-11-16-12-22(3)21-17(16)15-6-4-7-18-10-15/h4-10,12-14,19H,11H2,1-3H3/t13-,14+/m0/s1. The zero-order valence-corrected chi connectivity index (χ0v) is 13.7. The molecule has 3 heterocycles. The van der Waals surface area contributed by atoms with E-state index in [1.54, 1.807) is 6.20 Å². The Kier molecular flexibility index (Phi) is 4.52. The van der Waals surface area contributed by atoms with Crippen LogP contribution in [0.4, 0.5) is 0 Å². The molecule has 0 aromatic carbocycles. The van der Waals surface area contributed by atoms with E-state index in [2.05, 4.69) is 40.5 Å². The summed E-state index contributed by atoms with van der Waals surface area (Å²) in [4.78, 5) is 4.19. The number of nitrogens with one attached hydrogen (secondary N) is 1. The van der Waals surface area contributed by atoms with Crippen molar-refractivity contribution in [2.24, 2.45) is 7.05 Å². The van der Waals surface area contributed by atoms with Gasteiger partial charge >= 0.3 is 0 Å². The van der Waals surface area contributed by atoms with Gasteiger partial charge in [-0.3, -0.25) is 14.3 Å². The third-order valence-electron chi connectivity index (χ3n) is 4.12. The maximum Gasteiger partial charge on any atom is 0.0983 e. The molecule has 0 spiro atoms. The molecule has 2 atom stereocenters. The molecule has 3 rings (SSSR count). The lowest BCUT2D eigenvalue weighted by atomic mass is 10.1. The van der Waals surface area contributed by atoms with Crippen molar-refractivity contribution in [2.75, 3.05) is 0 Å². The summed E-state index contributed by atoms with van der Waals surface area (Å²) >= 11 is 0. The van der Waals surface area contributed by atoms with E-state index < -0.39 is 0 Å². The van der Waals surface area contributed by atoms with Crippen LogP contribution in [-0.4, -0.2) is 30.6 Å². The topological polar surface area (TPSA) is 60.6 Å². The smallest absolute Gasteiger partial charge is 0.0983 e. The highest BCUT2D eigenvalue weighted by molar-refractivity contribution is 5.61. The van der Waals surface area contributed by atoms with Gasteiger partial charge in [0.2, 0.25) is 0 Å². The summed E-state index contributed by atoms with van der Waals surface area (Å²) in [6.45, 7) is 5.09. The van der Waals surface area contributed by atoms with E-state index >= 15 is 0 Å². The van der Waals surface area contributed by atoms with E-state index in [-0.39, 0.29) is 12.1 Å². The van der Waals surface area contributed by atoms with Crippen LogP contribution in [0.5, 0.6) is 0 Å². The lowest BCUT2D eigenvalue weighted by Crippen LogP contribution is -2.33. The van der Waals surface area contributed by atoms with Crippen molar-refractivity contribution >= 4 is 0 Å². The molecular weight excluding hydrogens is 288 g/mol. The van der Waals surface area contributed by atoms with E-state index in [4.69, 9.17) is 0 Å². The molecule has 3 aromatic heterocycles. The fourth-order valence-corrected chi connectivity index (χ4v) is 2.60. The van der Waals surface area contributed by atoms with Gasteiger partial charge in [-0.15, -0.1) is 0 Å². The van der Waals surface area contributed by atoms with Gasteiger partial charge in [-0.2, -0.15) is 10.2 Å². The highest BCUT2D eigenvalue weighted by atomic mass is 15.3. The molecule has 0 aliphatic carbocycles.